The maximum absolute atomic E-state index is 11.8. The van der Waals surface area contributed by atoms with Crippen LogP contribution in [-0.4, -0.2) is 5.78 Å². The summed E-state index contributed by atoms with van der Waals surface area (Å²) in [6.07, 6.45) is 8.93. The van der Waals surface area contributed by atoms with Crippen LogP contribution in [0.15, 0.2) is 0 Å². The molecule has 0 aromatic rings. The van der Waals surface area contributed by atoms with Crippen LogP contribution in [0.4, 0.5) is 0 Å². The standard InChI is InChI=1S/C13H22O/c1-10-9-12(14)11(2)13(10)7-5-3-4-6-8-13/h10-11H,3-9H2,1-2H3. The first-order valence-electron chi connectivity index (χ1n) is 6.19. The Morgan fingerprint density at radius 2 is 1.64 bits per heavy atom. The van der Waals surface area contributed by atoms with Crippen molar-refractivity contribution in [3.8, 4) is 0 Å². The predicted molar refractivity (Wildman–Crippen MR) is 58.1 cm³/mol. The van der Waals surface area contributed by atoms with E-state index in [2.05, 4.69) is 13.8 Å². The van der Waals surface area contributed by atoms with Gasteiger partial charge in [-0.25, -0.2) is 0 Å². The second-order valence-electron chi connectivity index (χ2n) is 5.44. The number of carbonyl (C=O) groups is 1. The highest BCUT2D eigenvalue weighted by molar-refractivity contribution is 5.84. The van der Waals surface area contributed by atoms with Gasteiger partial charge >= 0.3 is 0 Å². The lowest BCUT2D eigenvalue weighted by molar-refractivity contribution is -0.121. The van der Waals surface area contributed by atoms with E-state index in [1.54, 1.807) is 0 Å². The average Bonchev–Trinajstić information content (AvgIpc) is 2.38. The van der Waals surface area contributed by atoms with Crippen molar-refractivity contribution in [3.05, 3.63) is 0 Å². The summed E-state index contributed by atoms with van der Waals surface area (Å²) in [5.41, 5.74) is 0.396. The van der Waals surface area contributed by atoms with E-state index in [0.29, 0.717) is 23.0 Å². The lowest BCUT2D eigenvalue weighted by atomic mass is 9.68. The molecular weight excluding hydrogens is 172 g/mol. The fourth-order valence-corrected chi connectivity index (χ4v) is 3.74. The van der Waals surface area contributed by atoms with Gasteiger partial charge in [0.2, 0.25) is 0 Å². The fraction of sp³-hybridized carbons (Fsp3) is 0.923. The third kappa shape index (κ3) is 1.41. The van der Waals surface area contributed by atoms with Crippen molar-refractivity contribution in [3.63, 3.8) is 0 Å². The van der Waals surface area contributed by atoms with Crippen molar-refractivity contribution in [2.75, 3.05) is 0 Å². The van der Waals surface area contributed by atoms with Crippen LogP contribution in [0.5, 0.6) is 0 Å². The van der Waals surface area contributed by atoms with E-state index >= 15 is 0 Å². The van der Waals surface area contributed by atoms with Crippen molar-refractivity contribution in [1.29, 1.82) is 0 Å². The van der Waals surface area contributed by atoms with Crippen LogP contribution in [0.25, 0.3) is 0 Å². The first-order chi connectivity index (χ1) is 6.67. The summed E-state index contributed by atoms with van der Waals surface area (Å²) in [7, 11) is 0. The van der Waals surface area contributed by atoms with Gasteiger partial charge in [0.25, 0.3) is 0 Å². The van der Waals surface area contributed by atoms with Gasteiger partial charge in [0.05, 0.1) is 0 Å². The summed E-state index contributed by atoms with van der Waals surface area (Å²) in [4.78, 5) is 11.8. The van der Waals surface area contributed by atoms with E-state index in [1.807, 2.05) is 0 Å². The normalized spacial score (nSPS) is 37.4. The van der Waals surface area contributed by atoms with Gasteiger partial charge in [-0.1, -0.05) is 39.5 Å². The largest absolute Gasteiger partial charge is 0.299 e. The number of hydrogen-bond acceptors (Lipinski definition) is 1. The smallest absolute Gasteiger partial charge is 0.136 e. The fourth-order valence-electron chi connectivity index (χ4n) is 3.74. The van der Waals surface area contributed by atoms with Gasteiger partial charge in [-0.15, -0.1) is 0 Å². The van der Waals surface area contributed by atoms with Crippen molar-refractivity contribution in [2.45, 2.75) is 58.8 Å². The molecule has 2 aliphatic carbocycles. The Morgan fingerprint density at radius 1 is 1.07 bits per heavy atom. The summed E-state index contributed by atoms with van der Waals surface area (Å²) < 4.78 is 0. The Morgan fingerprint density at radius 3 is 2.07 bits per heavy atom. The van der Waals surface area contributed by atoms with Gasteiger partial charge in [0, 0.05) is 12.3 Å². The van der Waals surface area contributed by atoms with E-state index in [-0.39, 0.29) is 0 Å². The molecule has 0 saturated heterocycles. The highest BCUT2D eigenvalue weighted by Gasteiger charge is 2.49. The Kier molecular flexibility index (Phi) is 2.68. The molecule has 2 atom stereocenters. The van der Waals surface area contributed by atoms with Crippen LogP contribution in [0.1, 0.15) is 58.8 Å². The number of ketones is 1. The molecular formula is C13H22O. The Balaban J connectivity index is 2.22. The van der Waals surface area contributed by atoms with Crippen LogP contribution in [0.2, 0.25) is 0 Å². The molecule has 0 heterocycles. The highest BCUT2D eigenvalue weighted by Crippen LogP contribution is 2.53. The zero-order valence-electron chi connectivity index (χ0n) is 9.51. The summed E-state index contributed by atoms with van der Waals surface area (Å²) in [5.74, 6) is 1.51. The molecule has 2 unspecified atom stereocenters. The second kappa shape index (κ2) is 3.67. The number of carbonyl (C=O) groups excluding carboxylic acids is 1. The number of Topliss-reactive ketones (excluding diaryl/α,β-unsaturated/α-hetero) is 1. The summed E-state index contributed by atoms with van der Waals surface area (Å²) in [6, 6.07) is 0. The van der Waals surface area contributed by atoms with E-state index < -0.39 is 0 Å². The van der Waals surface area contributed by atoms with E-state index in [4.69, 9.17) is 0 Å². The van der Waals surface area contributed by atoms with Crippen LogP contribution >= 0.6 is 0 Å². The molecule has 0 amide bonds. The van der Waals surface area contributed by atoms with E-state index in [9.17, 15) is 4.79 Å². The molecule has 0 bridgehead atoms. The molecule has 2 saturated carbocycles. The summed E-state index contributed by atoms with van der Waals surface area (Å²) >= 11 is 0. The number of rotatable bonds is 0. The minimum atomic E-state index is 0.343. The maximum atomic E-state index is 11.8. The van der Waals surface area contributed by atoms with Crippen LogP contribution in [0, 0.1) is 17.3 Å². The lowest BCUT2D eigenvalue weighted by Gasteiger charge is -2.36. The van der Waals surface area contributed by atoms with E-state index in [1.165, 1.54) is 38.5 Å². The third-order valence-corrected chi connectivity index (χ3v) is 4.87. The van der Waals surface area contributed by atoms with Crippen LogP contribution in [0.3, 0.4) is 0 Å². The molecule has 0 aromatic carbocycles. The average molecular weight is 194 g/mol. The van der Waals surface area contributed by atoms with Crippen molar-refractivity contribution in [1.82, 2.24) is 0 Å². The molecule has 2 aliphatic rings. The van der Waals surface area contributed by atoms with Crippen LogP contribution in [-0.2, 0) is 4.79 Å². The monoisotopic (exact) mass is 194 g/mol. The minimum absolute atomic E-state index is 0.343. The first kappa shape index (κ1) is 10.2. The minimum Gasteiger partial charge on any atom is -0.299 e. The summed E-state index contributed by atoms with van der Waals surface area (Å²) in [5, 5.41) is 0. The van der Waals surface area contributed by atoms with Gasteiger partial charge in [-0.3, -0.25) is 4.79 Å². The lowest BCUT2D eigenvalue weighted by Crippen LogP contribution is -2.30. The Bertz CT molecular complexity index is 223. The first-order valence-corrected chi connectivity index (χ1v) is 6.19. The number of hydrogen-bond donors (Lipinski definition) is 0. The molecule has 0 radical (unpaired) electrons. The SMILES string of the molecule is CC1CC(=O)C(C)C12CCCCCC2. The van der Waals surface area contributed by atoms with Gasteiger partial charge < -0.3 is 0 Å². The quantitative estimate of drug-likeness (QED) is 0.576. The molecule has 2 rings (SSSR count). The van der Waals surface area contributed by atoms with Crippen molar-refractivity contribution < 1.29 is 4.79 Å². The Labute approximate surface area is 87.3 Å². The van der Waals surface area contributed by atoms with Crippen molar-refractivity contribution in [2.24, 2.45) is 17.3 Å². The third-order valence-electron chi connectivity index (χ3n) is 4.87. The highest BCUT2D eigenvalue weighted by atomic mass is 16.1. The topological polar surface area (TPSA) is 17.1 Å². The zero-order valence-corrected chi connectivity index (χ0v) is 9.51. The van der Waals surface area contributed by atoms with Gasteiger partial charge in [0.1, 0.15) is 5.78 Å². The molecule has 2 fully saturated rings. The molecule has 1 nitrogen and oxygen atoms in total. The van der Waals surface area contributed by atoms with E-state index in [0.717, 1.165) is 6.42 Å². The molecule has 80 valence electrons. The molecule has 0 aliphatic heterocycles. The molecule has 1 heteroatoms. The van der Waals surface area contributed by atoms with Gasteiger partial charge in [0.15, 0.2) is 0 Å². The summed E-state index contributed by atoms with van der Waals surface area (Å²) in [6.45, 7) is 4.48. The van der Waals surface area contributed by atoms with Crippen LogP contribution < -0.4 is 0 Å². The zero-order chi connectivity index (χ0) is 10.2. The predicted octanol–water partition coefficient (Wildman–Crippen LogP) is 3.57. The maximum Gasteiger partial charge on any atom is 0.136 e. The Hall–Kier alpha value is -0.330. The second-order valence-corrected chi connectivity index (χ2v) is 5.44. The molecule has 0 aromatic heterocycles. The molecule has 1 spiro atoms. The van der Waals surface area contributed by atoms with Gasteiger partial charge in [-0.2, -0.15) is 0 Å². The molecule has 0 N–H and O–H groups in total. The van der Waals surface area contributed by atoms with Gasteiger partial charge in [-0.05, 0) is 24.2 Å². The van der Waals surface area contributed by atoms with Crippen molar-refractivity contribution >= 4 is 5.78 Å². The molecule has 14 heavy (non-hydrogen) atoms.